The lowest BCUT2D eigenvalue weighted by Gasteiger charge is -2.40. The van der Waals surface area contributed by atoms with E-state index in [9.17, 15) is 15.2 Å². The van der Waals surface area contributed by atoms with E-state index in [1.54, 1.807) is 12.1 Å². The Labute approximate surface area is 125 Å². The number of hydrogen-bond donors (Lipinski definition) is 1. The molecular weight excluding hydrogens is 268 g/mol. The molecule has 0 unspecified atom stereocenters. The largest absolute Gasteiger partial charge is 0.389 e. The number of benzene rings is 1. The SMILES string of the molecule is CN(C)C[C@H](c1ccc([N+](=O)[O-])cc1)C1(O)CCCCC1. The molecule has 1 aromatic carbocycles. The number of likely N-dealkylation sites (N-methyl/N-ethyl adjacent to an activating group) is 1. The van der Waals surface area contributed by atoms with Gasteiger partial charge in [-0.1, -0.05) is 31.4 Å². The lowest BCUT2D eigenvalue weighted by atomic mass is 9.72. The third-order valence-corrected chi connectivity index (χ3v) is 4.42. The molecule has 2 rings (SSSR count). The summed E-state index contributed by atoms with van der Waals surface area (Å²) in [5.74, 6) is -0.00592. The van der Waals surface area contributed by atoms with Gasteiger partial charge in [-0.05, 0) is 32.5 Å². The van der Waals surface area contributed by atoms with E-state index in [4.69, 9.17) is 0 Å². The smallest absolute Gasteiger partial charge is 0.269 e. The van der Waals surface area contributed by atoms with Crippen molar-refractivity contribution in [2.75, 3.05) is 20.6 Å². The minimum absolute atomic E-state index is 0.00592. The molecule has 0 saturated heterocycles. The van der Waals surface area contributed by atoms with Crippen molar-refractivity contribution in [3.63, 3.8) is 0 Å². The zero-order chi connectivity index (χ0) is 15.5. The summed E-state index contributed by atoms with van der Waals surface area (Å²) < 4.78 is 0. The highest BCUT2D eigenvalue weighted by molar-refractivity contribution is 5.35. The molecule has 0 aliphatic heterocycles. The maximum absolute atomic E-state index is 11.1. The summed E-state index contributed by atoms with van der Waals surface area (Å²) in [6.45, 7) is 0.744. The molecule has 1 aromatic rings. The Morgan fingerprint density at radius 2 is 1.81 bits per heavy atom. The van der Waals surface area contributed by atoms with Gasteiger partial charge < -0.3 is 10.0 Å². The first-order valence-corrected chi connectivity index (χ1v) is 7.54. The van der Waals surface area contributed by atoms with Crippen molar-refractivity contribution in [3.05, 3.63) is 39.9 Å². The summed E-state index contributed by atoms with van der Waals surface area (Å²) in [5, 5.41) is 21.8. The molecule has 5 heteroatoms. The Morgan fingerprint density at radius 1 is 1.24 bits per heavy atom. The van der Waals surface area contributed by atoms with Crippen LogP contribution < -0.4 is 0 Å². The number of nitro benzene ring substituents is 1. The van der Waals surface area contributed by atoms with Gasteiger partial charge >= 0.3 is 0 Å². The van der Waals surface area contributed by atoms with Gasteiger partial charge in [0, 0.05) is 24.6 Å². The lowest BCUT2D eigenvalue weighted by Crippen LogP contribution is -2.42. The first kappa shape index (κ1) is 15.9. The van der Waals surface area contributed by atoms with Gasteiger partial charge in [0.1, 0.15) is 0 Å². The van der Waals surface area contributed by atoms with Crippen molar-refractivity contribution in [1.82, 2.24) is 4.90 Å². The summed E-state index contributed by atoms with van der Waals surface area (Å²) in [6.07, 6.45) is 4.89. The Hall–Kier alpha value is -1.46. The monoisotopic (exact) mass is 292 g/mol. The molecule has 0 bridgehead atoms. The van der Waals surface area contributed by atoms with Crippen molar-refractivity contribution in [2.24, 2.45) is 0 Å². The standard InChI is InChI=1S/C16H24N2O3/c1-17(2)12-15(16(19)10-4-3-5-11-16)13-6-8-14(9-7-13)18(20)21/h6-9,15,19H,3-5,10-12H2,1-2H3/t15-/m1/s1. The average molecular weight is 292 g/mol. The van der Waals surface area contributed by atoms with Crippen molar-refractivity contribution >= 4 is 5.69 Å². The molecule has 1 atom stereocenters. The zero-order valence-electron chi connectivity index (χ0n) is 12.8. The minimum atomic E-state index is -0.696. The lowest BCUT2D eigenvalue weighted by molar-refractivity contribution is -0.384. The Morgan fingerprint density at radius 3 is 2.29 bits per heavy atom. The van der Waals surface area contributed by atoms with Crippen LogP contribution in [0.2, 0.25) is 0 Å². The van der Waals surface area contributed by atoms with Gasteiger partial charge in [0.25, 0.3) is 5.69 Å². The zero-order valence-corrected chi connectivity index (χ0v) is 12.8. The van der Waals surface area contributed by atoms with Crippen molar-refractivity contribution in [2.45, 2.75) is 43.6 Å². The second-order valence-electron chi connectivity index (χ2n) is 6.33. The maximum atomic E-state index is 11.1. The Balaban J connectivity index is 2.28. The van der Waals surface area contributed by atoms with Gasteiger partial charge in [0.05, 0.1) is 10.5 Å². The molecule has 21 heavy (non-hydrogen) atoms. The molecule has 1 saturated carbocycles. The number of nitro groups is 1. The topological polar surface area (TPSA) is 66.6 Å². The van der Waals surface area contributed by atoms with Crippen LogP contribution in [-0.4, -0.2) is 41.2 Å². The summed E-state index contributed by atoms with van der Waals surface area (Å²) in [7, 11) is 3.98. The third kappa shape index (κ3) is 3.80. The second kappa shape index (κ2) is 6.54. The van der Waals surface area contributed by atoms with Crippen LogP contribution in [0.1, 0.15) is 43.6 Å². The molecule has 116 valence electrons. The minimum Gasteiger partial charge on any atom is -0.389 e. The third-order valence-electron chi connectivity index (χ3n) is 4.42. The molecule has 0 heterocycles. The van der Waals surface area contributed by atoms with Crippen molar-refractivity contribution < 1.29 is 10.0 Å². The molecule has 0 amide bonds. The number of nitrogens with zero attached hydrogens (tertiary/aromatic N) is 2. The van der Waals surface area contributed by atoms with E-state index in [-0.39, 0.29) is 16.5 Å². The van der Waals surface area contributed by atoms with Crippen molar-refractivity contribution in [3.8, 4) is 0 Å². The molecule has 1 fully saturated rings. The molecular formula is C16H24N2O3. The average Bonchev–Trinajstić information content (AvgIpc) is 2.45. The fraction of sp³-hybridized carbons (Fsp3) is 0.625. The predicted octanol–water partition coefficient (Wildman–Crippen LogP) is 2.94. The van der Waals surface area contributed by atoms with Crippen LogP contribution >= 0.6 is 0 Å². The normalized spacial score (nSPS) is 19.4. The first-order valence-electron chi connectivity index (χ1n) is 7.54. The van der Waals surface area contributed by atoms with Gasteiger partial charge in [-0.2, -0.15) is 0 Å². The van der Waals surface area contributed by atoms with E-state index < -0.39 is 5.60 Å². The van der Waals surface area contributed by atoms with E-state index in [2.05, 4.69) is 4.90 Å². The summed E-state index contributed by atoms with van der Waals surface area (Å²) in [6, 6.07) is 6.64. The van der Waals surface area contributed by atoms with Gasteiger partial charge in [0.2, 0.25) is 0 Å². The molecule has 5 nitrogen and oxygen atoms in total. The van der Waals surface area contributed by atoms with Crippen molar-refractivity contribution in [1.29, 1.82) is 0 Å². The van der Waals surface area contributed by atoms with Crippen LogP contribution in [0.5, 0.6) is 0 Å². The quantitative estimate of drug-likeness (QED) is 0.669. The van der Waals surface area contributed by atoms with Gasteiger partial charge in [-0.25, -0.2) is 0 Å². The second-order valence-corrected chi connectivity index (χ2v) is 6.33. The molecule has 0 radical (unpaired) electrons. The maximum Gasteiger partial charge on any atom is 0.269 e. The number of aliphatic hydroxyl groups is 1. The van der Waals surface area contributed by atoms with E-state index in [1.165, 1.54) is 18.6 Å². The number of non-ortho nitro benzene ring substituents is 1. The van der Waals surface area contributed by atoms with Gasteiger partial charge in [0.15, 0.2) is 0 Å². The van der Waals surface area contributed by atoms with Crippen LogP contribution in [0.3, 0.4) is 0 Å². The summed E-state index contributed by atoms with van der Waals surface area (Å²) >= 11 is 0. The molecule has 0 spiro atoms. The van der Waals surface area contributed by atoms with Gasteiger partial charge in [-0.15, -0.1) is 0 Å². The van der Waals surface area contributed by atoms with Crippen LogP contribution in [0.25, 0.3) is 0 Å². The fourth-order valence-corrected chi connectivity index (χ4v) is 3.29. The molecule has 1 N–H and O–H groups in total. The number of hydrogen-bond acceptors (Lipinski definition) is 4. The van der Waals surface area contributed by atoms with E-state index >= 15 is 0 Å². The first-order chi connectivity index (χ1) is 9.92. The highest BCUT2D eigenvalue weighted by Crippen LogP contribution is 2.40. The fourth-order valence-electron chi connectivity index (χ4n) is 3.29. The Kier molecular flexibility index (Phi) is 4.96. The van der Waals surface area contributed by atoms with Gasteiger partial charge in [-0.3, -0.25) is 10.1 Å². The molecule has 1 aliphatic rings. The summed E-state index contributed by atoms with van der Waals surface area (Å²) in [4.78, 5) is 12.5. The number of rotatable bonds is 5. The predicted molar refractivity (Wildman–Crippen MR) is 82.4 cm³/mol. The van der Waals surface area contributed by atoms with E-state index in [0.29, 0.717) is 0 Å². The van der Waals surface area contributed by atoms with Crippen LogP contribution in [0.4, 0.5) is 5.69 Å². The highest BCUT2D eigenvalue weighted by Gasteiger charge is 2.38. The van der Waals surface area contributed by atoms with E-state index in [0.717, 1.165) is 37.8 Å². The van der Waals surface area contributed by atoms with Crippen LogP contribution in [-0.2, 0) is 0 Å². The molecule has 0 aromatic heterocycles. The molecule has 1 aliphatic carbocycles. The van der Waals surface area contributed by atoms with Crippen LogP contribution in [0.15, 0.2) is 24.3 Å². The Bertz CT molecular complexity index is 479. The summed E-state index contributed by atoms with van der Waals surface area (Å²) in [5.41, 5.74) is 0.384. The van der Waals surface area contributed by atoms with E-state index in [1.807, 2.05) is 14.1 Å². The highest BCUT2D eigenvalue weighted by atomic mass is 16.6. The van der Waals surface area contributed by atoms with Crippen LogP contribution in [0, 0.1) is 10.1 Å².